The monoisotopic (exact) mass is 232 g/mol. The van der Waals surface area contributed by atoms with Crippen molar-refractivity contribution in [2.45, 2.75) is 51.9 Å². The fraction of sp³-hybridized carbons (Fsp3) is 0.533. The van der Waals surface area contributed by atoms with Crippen LogP contribution < -0.4 is 0 Å². The highest BCUT2D eigenvalue weighted by atomic mass is 16.4. The van der Waals surface area contributed by atoms with E-state index in [-0.39, 0.29) is 11.8 Å². The van der Waals surface area contributed by atoms with Gasteiger partial charge in [-0.1, -0.05) is 19.1 Å². The fourth-order valence-corrected chi connectivity index (χ4v) is 2.67. The molecule has 1 aliphatic carbocycles. The van der Waals surface area contributed by atoms with E-state index in [1.54, 1.807) is 0 Å². The summed E-state index contributed by atoms with van der Waals surface area (Å²) < 4.78 is 0. The van der Waals surface area contributed by atoms with Gasteiger partial charge in [0, 0.05) is 5.41 Å². The lowest BCUT2D eigenvalue weighted by Crippen LogP contribution is -2.15. The maximum Gasteiger partial charge on any atom is 0.304 e. The number of benzene rings is 1. The molecule has 1 aromatic rings. The minimum absolute atomic E-state index is 0.0636. The molecule has 17 heavy (non-hydrogen) atoms. The van der Waals surface area contributed by atoms with E-state index in [0.29, 0.717) is 0 Å². The van der Waals surface area contributed by atoms with Gasteiger partial charge < -0.3 is 5.11 Å². The first-order chi connectivity index (χ1) is 7.98. The lowest BCUT2D eigenvalue weighted by atomic mass is 9.85. The molecule has 0 spiro atoms. The molecule has 0 bridgehead atoms. The smallest absolute Gasteiger partial charge is 0.304 e. The largest absolute Gasteiger partial charge is 0.481 e. The van der Waals surface area contributed by atoms with E-state index in [4.69, 9.17) is 5.11 Å². The maximum atomic E-state index is 11.0. The molecule has 1 saturated carbocycles. The van der Waals surface area contributed by atoms with Gasteiger partial charge in [-0.25, -0.2) is 0 Å². The predicted octanol–water partition coefficient (Wildman–Crippen LogP) is 3.37. The number of aliphatic carboxylic acids is 1. The first-order valence-electron chi connectivity index (χ1n) is 6.31. The molecule has 0 aromatic heterocycles. The number of hydrogen-bond acceptors (Lipinski definition) is 1. The number of hydrogen-bond donors (Lipinski definition) is 1. The molecule has 0 radical (unpaired) electrons. The molecule has 92 valence electrons. The summed E-state index contributed by atoms with van der Waals surface area (Å²) in [6, 6.07) is 4.44. The molecule has 2 rings (SSSR count). The highest BCUT2D eigenvalue weighted by molar-refractivity contribution is 5.70. The van der Waals surface area contributed by atoms with E-state index in [2.05, 4.69) is 32.9 Å². The molecule has 0 amide bonds. The Bertz CT molecular complexity index is 456. The Morgan fingerprint density at radius 2 is 2.00 bits per heavy atom. The third-order valence-corrected chi connectivity index (χ3v) is 4.05. The zero-order valence-corrected chi connectivity index (χ0v) is 10.8. The van der Waals surface area contributed by atoms with Gasteiger partial charge >= 0.3 is 5.97 Å². The van der Waals surface area contributed by atoms with Gasteiger partial charge in [-0.2, -0.15) is 0 Å². The van der Waals surface area contributed by atoms with Crippen molar-refractivity contribution in [1.82, 2.24) is 0 Å². The summed E-state index contributed by atoms with van der Waals surface area (Å²) in [7, 11) is 0. The Balaban J connectivity index is 2.44. The van der Waals surface area contributed by atoms with Crippen LogP contribution in [0.5, 0.6) is 0 Å². The van der Waals surface area contributed by atoms with Crippen LogP contribution in [0.4, 0.5) is 0 Å². The Labute approximate surface area is 103 Å². The van der Waals surface area contributed by atoms with E-state index in [1.165, 1.54) is 22.3 Å². The second-order valence-corrected chi connectivity index (χ2v) is 5.29. The highest BCUT2D eigenvalue weighted by Gasteiger charge is 2.46. The standard InChI is InChI=1S/C15H20O2/c1-4-12-7-10(2)11(3)13(8-12)15(5-6-15)9-14(16)17/h7-8H,4-6,9H2,1-3H3,(H,16,17). The first kappa shape index (κ1) is 12.2. The number of carboxylic acids is 1. The number of carboxylic acid groups (broad SMARTS) is 1. The Kier molecular flexibility index (Phi) is 2.98. The van der Waals surface area contributed by atoms with Crippen molar-refractivity contribution in [2.75, 3.05) is 0 Å². The minimum atomic E-state index is -0.679. The van der Waals surface area contributed by atoms with Gasteiger partial charge in [0.2, 0.25) is 0 Å². The van der Waals surface area contributed by atoms with Crippen LogP contribution in [0.3, 0.4) is 0 Å². The molecule has 2 nitrogen and oxygen atoms in total. The van der Waals surface area contributed by atoms with Crippen LogP contribution in [-0.4, -0.2) is 11.1 Å². The second-order valence-electron chi connectivity index (χ2n) is 5.29. The third-order valence-electron chi connectivity index (χ3n) is 4.05. The maximum absolute atomic E-state index is 11.0. The van der Waals surface area contributed by atoms with Crippen molar-refractivity contribution in [3.8, 4) is 0 Å². The Hall–Kier alpha value is -1.31. The summed E-state index contributed by atoms with van der Waals surface area (Å²) in [6.07, 6.45) is 3.33. The van der Waals surface area contributed by atoms with Gasteiger partial charge in [-0.3, -0.25) is 4.79 Å². The normalized spacial score (nSPS) is 16.9. The summed E-state index contributed by atoms with van der Waals surface area (Å²) in [5.41, 5.74) is 5.10. The molecule has 0 unspecified atom stereocenters. The Morgan fingerprint density at radius 3 is 2.47 bits per heavy atom. The van der Waals surface area contributed by atoms with Gasteiger partial charge in [0.1, 0.15) is 0 Å². The van der Waals surface area contributed by atoms with Crippen LogP contribution in [0, 0.1) is 13.8 Å². The number of carbonyl (C=O) groups is 1. The van der Waals surface area contributed by atoms with Gasteiger partial charge in [-0.05, 0) is 55.4 Å². The molecule has 1 aromatic carbocycles. The van der Waals surface area contributed by atoms with Gasteiger partial charge in [0.15, 0.2) is 0 Å². The van der Waals surface area contributed by atoms with Crippen molar-refractivity contribution in [3.63, 3.8) is 0 Å². The van der Waals surface area contributed by atoms with Crippen LogP contribution in [0.1, 0.15) is 48.4 Å². The molecule has 0 atom stereocenters. The summed E-state index contributed by atoms with van der Waals surface area (Å²) in [6.45, 7) is 6.38. The molecule has 2 heteroatoms. The van der Waals surface area contributed by atoms with Crippen LogP contribution >= 0.6 is 0 Å². The van der Waals surface area contributed by atoms with E-state index >= 15 is 0 Å². The van der Waals surface area contributed by atoms with Crippen LogP contribution in [0.2, 0.25) is 0 Å². The zero-order chi connectivity index (χ0) is 12.6. The molecule has 0 heterocycles. The predicted molar refractivity (Wildman–Crippen MR) is 68.5 cm³/mol. The molecular formula is C15H20O2. The molecule has 1 aliphatic rings. The third kappa shape index (κ3) is 2.21. The molecule has 0 aliphatic heterocycles. The first-order valence-corrected chi connectivity index (χ1v) is 6.31. The van der Waals surface area contributed by atoms with Crippen molar-refractivity contribution >= 4 is 5.97 Å². The Morgan fingerprint density at radius 1 is 1.35 bits per heavy atom. The van der Waals surface area contributed by atoms with Gasteiger partial charge in [0.25, 0.3) is 0 Å². The van der Waals surface area contributed by atoms with E-state index in [1.807, 2.05) is 0 Å². The molecular weight excluding hydrogens is 212 g/mol. The summed E-state index contributed by atoms with van der Waals surface area (Å²) >= 11 is 0. The summed E-state index contributed by atoms with van der Waals surface area (Å²) in [4.78, 5) is 11.0. The second kappa shape index (κ2) is 4.17. The average molecular weight is 232 g/mol. The van der Waals surface area contributed by atoms with E-state index in [0.717, 1.165) is 19.3 Å². The minimum Gasteiger partial charge on any atom is -0.481 e. The van der Waals surface area contributed by atoms with Gasteiger partial charge in [0.05, 0.1) is 6.42 Å². The topological polar surface area (TPSA) is 37.3 Å². The summed E-state index contributed by atoms with van der Waals surface area (Å²) in [5, 5.41) is 9.04. The van der Waals surface area contributed by atoms with E-state index in [9.17, 15) is 4.79 Å². The number of aryl methyl sites for hydroxylation is 2. The highest BCUT2D eigenvalue weighted by Crippen LogP contribution is 2.52. The van der Waals surface area contributed by atoms with Crippen molar-refractivity contribution in [1.29, 1.82) is 0 Å². The lowest BCUT2D eigenvalue weighted by Gasteiger charge is -2.19. The molecule has 1 fully saturated rings. The number of rotatable bonds is 4. The molecule has 0 saturated heterocycles. The fourth-order valence-electron chi connectivity index (χ4n) is 2.67. The lowest BCUT2D eigenvalue weighted by molar-refractivity contribution is -0.137. The summed E-state index contributed by atoms with van der Waals surface area (Å²) in [5.74, 6) is -0.679. The van der Waals surface area contributed by atoms with Crippen molar-refractivity contribution < 1.29 is 9.90 Å². The zero-order valence-electron chi connectivity index (χ0n) is 10.8. The van der Waals surface area contributed by atoms with Crippen molar-refractivity contribution in [3.05, 3.63) is 34.4 Å². The quantitative estimate of drug-likeness (QED) is 0.864. The van der Waals surface area contributed by atoms with Crippen molar-refractivity contribution in [2.24, 2.45) is 0 Å². The van der Waals surface area contributed by atoms with Crippen LogP contribution in [0.15, 0.2) is 12.1 Å². The SMILES string of the molecule is CCc1cc(C)c(C)c(C2(CC(=O)O)CC2)c1. The average Bonchev–Trinajstić information content (AvgIpc) is 3.01. The van der Waals surface area contributed by atoms with Gasteiger partial charge in [-0.15, -0.1) is 0 Å². The van der Waals surface area contributed by atoms with Crippen LogP contribution in [-0.2, 0) is 16.6 Å². The molecule has 1 N–H and O–H groups in total. The van der Waals surface area contributed by atoms with Crippen LogP contribution in [0.25, 0.3) is 0 Å². The van der Waals surface area contributed by atoms with E-state index < -0.39 is 5.97 Å².